The van der Waals surface area contributed by atoms with Gasteiger partial charge in [-0.05, 0) is 25.7 Å². The molecule has 3 N–H and O–H groups in total. The topological polar surface area (TPSA) is 75.4 Å². The van der Waals surface area contributed by atoms with E-state index < -0.39 is 10.2 Å². The normalized spacial score (nSPS) is 25.1. The fourth-order valence-corrected chi connectivity index (χ4v) is 3.84. The molecule has 0 aromatic carbocycles. The fraction of sp³-hybridized carbons (Fsp3) is 1.00. The van der Waals surface area contributed by atoms with Gasteiger partial charge >= 0.3 is 0 Å². The minimum atomic E-state index is -3.37. The lowest BCUT2D eigenvalue weighted by Gasteiger charge is -2.36. The van der Waals surface area contributed by atoms with E-state index in [0.29, 0.717) is 19.0 Å². The molecule has 0 amide bonds. The maximum Gasteiger partial charge on any atom is 0.279 e. The summed E-state index contributed by atoms with van der Waals surface area (Å²) in [5.41, 5.74) is 5.88. The smallest absolute Gasteiger partial charge is 0.279 e. The largest absolute Gasteiger partial charge is 0.326 e. The second kappa shape index (κ2) is 6.13. The van der Waals surface area contributed by atoms with Crippen LogP contribution in [0.5, 0.6) is 0 Å². The van der Waals surface area contributed by atoms with Crippen LogP contribution in [0.4, 0.5) is 0 Å². The van der Waals surface area contributed by atoms with E-state index >= 15 is 0 Å². The van der Waals surface area contributed by atoms with Crippen molar-refractivity contribution in [3.05, 3.63) is 0 Å². The van der Waals surface area contributed by atoms with E-state index in [2.05, 4.69) is 4.72 Å². The Morgan fingerprint density at radius 1 is 1.35 bits per heavy atom. The molecule has 1 fully saturated rings. The highest BCUT2D eigenvalue weighted by atomic mass is 32.2. The first-order valence-electron chi connectivity index (χ1n) is 6.36. The van der Waals surface area contributed by atoms with Crippen molar-refractivity contribution in [3.8, 4) is 0 Å². The van der Waals surface area contributed by atoms with Crippen LogP contribution in [0, 0.1) is 5.92 Å². The van der Waals surface area contributed by atoms with Crippen molar-refractivity contribution in [2.45, 2.75) is 52.1 Å². The summed E-state index contributed by atoms with van der Waals surface area (Å²) in [6, 6.07) is -0.181. The van der Waals surface area contributed by atoms with Crippen LogP contribution in [0.15, 0.2) is 0 Å². The van der Waals surface area contributed by atoms with Gasteiger partial charge in [0, 0.05) is 25.2 Å². The summed E-state index contributed by atoms with van der Waals surface area (Å²) in [5, 5.41) is 0. The standard InChI is InChI=1S/C11H25N3O2S/c1-9(2)8-13-17(15,16)14-7-5-4-6-11(14)10(3)12/h9-11,13H,4-8,12H2,1-3H3. The Labute approximate surface area is 105 Å². The Hall–Kier alpha value is -0.170. The van der Waals surface area contributed by atoms with Crippen LogP contribution in [0.1, 0.15) is 40.0 Å². The zero-order valence-electron chi connectivity index (χ0n) is 11.0. The molecule has 1 aliphatic heterocycles. The van der Waals surface area contributed by atoms with Crippen molar-refractivity contribution < 1.29 is 8.42 Å². The number of nitrogens with zero attached hydrogens (tertiary/aromatic N) is 1. The average Bonchev–Trinajstić information content (AvgIpc) is 2.26. The van der Waals surface area contributed by atoms with Crippen LogP contribution < -0.4 is 10.5 Å². The number of nitrogens with two attached hydrogens (primary N) is 1. The lowest BCUT2D eigenvalue weighted by molar-refractivity contribution is 0.224. The maximum atomic E-state index is 12.2. The van der Waals surface area contributed by atoms with Crippen molar-refractivity contribution >= 4 is 10.2 Å². The summed E-state index contributed by atoms with van der Waals surface area (Å²) in [6.07, 6.45) is 2.84. The van der Waals surface area contributed by atoms with Crippen LogP contribution in [-0.2, 0) is 10.2 Å². The monoisotopic (exact) mass is 263 g/mol. The molecular formula is C11H25N3O2S. The van der Waals surface area contributed by atoms with E-state index in [0.717, 1.165) is 19.3 Å². The molecule has 1 rings (SSSR count). The van der Waals surface area contributed by atoms with Gasteiger partial charge in [-0.1, -0.05) is 20.3 Å². The first kappa shape index (κ1) is 14.9. The summed E-state index contributed by atoms with van der Waals surface area (Å²) in [7, 11) is -3.37. The van der Waals surface area contributed by atoms with Crippen LogP contribution in [-0.4, -0.2) is 37.9 Å². The van der Waals surface area contributed by atoms with Gasteiger partial charge in [-0.3, -0.25) is 0 Å². The third kappa shape index (κ3) is 4.21. The van der Waals surface area contributed by atoms with Gasteiger partial charge in [0.25, 0.3) is 10.2 Å². The van der Waals surface area contributed by atoms with E-state index in [-0.39, 0.29) is 12.1 Å². The van der Waals surface area contributed by atoms with E-state index in [1.165, 1.54) is 0 Å². The molecule has 1 aliphatic rings. The van der Waals surface area contributed by atoms with Gasteiger partial charge in [-0.2, -0.15) is 12.7 Å². The van der Waals surface area contributed by atoms with Gasteiger partial charge in [0.05, 0.1) is 0 Å². The molecule has 6 heteroatoms. The molecule has 17 heavy (non-hydrogen) atoms. The SMILES string of the molecule is CC(C)CNS(=O)(=O)N1CCCCC1C(C)N. The lowest BCUT2D eigenvalue weighted by atomic mass is 10.00. The Morgan fingerprint density at radius 3 is 2.53 bits per heavy atom. The summed E-state index contributed by atoms with van der Waals surface area (Å²) < 4.78 is 28.5. The first-order valence-corrected chi connectivity index (χ1v) is 7.80. The second-order valence-corrected chi connectivity index (χ2v) is 6.99. The Kier molecular flexibility index (Phi) is 5.37. The molecule has 1 heterocycles. The Morgan fingerprint density at radius 2 is 2.00 bits per heavy atom. The Balaban J connectivity index is 2.73. The van der Waals surface area contributed by atoms with Gasteiger partial charge in [0.15, 0.2) is 0 Å². The van der Waals surface area contributed by atoms with Crippen molar-refractivity contribution in [1.82, 2.24) is 9.03 Å². The highest BCUT2D eigenvalue weighted by Crippen LogP contribution is 2.21. The summed E-state index contributed by atoms with van der Waals surface area (Å²) >= 11 is 0. The molecular weight excluding hydrogens is 238 g/mol. The Bertz CT molecular complexity index is 328. The number of hydrogen-bond donors (Lipinski definition) is 2. The van der Waals surface area contributed by atoms with Gasteiger partial charge < -0.3 is 5.73 Å². The van der Waals surface area contributed by atoms with Crippen molar-refractivity contribution in [2.24, 2.45) is 11.7 Å². The fourth-order valence-electron chi connectivity index (χ4n) is 2.11. The van der Waals surface area contributed by atoms with Crippen molar-refractivity contribution in [1.29, 1.82) is 0 Å². The number of rotatable bonds is 5. The van der Waals surface area contributed by atoms with Crippen LogP contribution in [0.3, 0.4) is 0 Å². The van der Waals surface area contributed by atoms with E-state index in [1.54, 1.807) is 4.31 Å². The third-order valence-corrected chi connectivity index (χ3v) is 4.69. The number of nitrogens with one attached hydrogen (secondary N) is 1. The summed E-state index contributed by atoms with van der Waals surface area (Å²) in [5.74, 6) is 0.309. The molecule has 102 valence electrons. The summed E-state index contributed by atoms with van der Waals surface area (Å²) in [4.78, 5) is 0. The quantitative estimate of drug-likeness (QED) is 0.766. The molecule has 1 saturated heterocycles. The van der Waals surface area contributed by atoms with Crippen LogP contribution in [0.2, 0.25) is 0 Å². The summed E-state index contributed by atoms with van der Waals surface area (Å²) in [6.45, 7) is 6.91. The molecule has 5 nitrogen and oxygen atoms in total. The van der Waals surface area contributed by atoms with Crippen LogP contribution >= 0.6 is 0 Å². The minimum Gasteiger partial charge on any atom is -0.326 e. The van der Waals surface area contributed by atoms with E-state index in [1.807, 2.05) is 20.8 Å². The molecule has 0 bridgehead atoms. The third-order valence-electron chi connectivity index (χ3n) is 3.09. The van der Waals surface area contributed by atoms with Crippen molar-refractivity contribution in [2.75, 3.05) is 13.1 Å². The molecule has 2 unspecified atom stereocenters. The predicted octanol–water partition coefficient (Wildman–Crippen LogP) is 0.679. The molecule has 0 radical (unpaired) electrons. The van der Waals surface area contributed by atoms with E-state index in [4.69, 9.17) is 5.73 Å². The van der Waals surface area contributed by atoms with Crippen LogP contribution in [0.25, 0.3) is 0 Å². The van der Waals surface area contributed by atoms with Gasteiger partial charge in [-0.15, -0.1) is 0 Å². The molecule has 2 atom stereocenters. The highest BCUT2D eigenvalue weighted by molar-refractivity contribution is 7.87. The molecule has 0 saturated carbocycles. The van der Waals surface area contributed by atoms with Gasteiger partial charge in [0.1, 0.15) is 0 Å². The minimum absolute atomic E-state index is 0.0617. The zero-order chi connectivity index (χ0) is 13.1. The lowest BCUT2D eigenvalue weighted by Crippen LogP contribution is -2.55. The molecule has 0 aromatic rings. The van der Waals surface area contributed by atoms with E-state index in [9.17, 15) is 8.42 Å². The van der Waals surface area contributed by atoms with Gasteiger partial charge in [0.2, 0.25) is 0 Å². The maximum absolute atomic E-state index is 12.2. The first-order chi connectivity index (χ1) is 7.84. The number of piperidine rings is 1. The molecule has 0 aromatic heterocycles. The highest BCUT2D eigenvalue weighted by Gasteiger charge is 2.33. The zero-order valence-corrected chi connectivity index (χ0v) is 11.8. The predicted molar refractivity (Wildman–Crippen MR) is 69.8 cm³/mol. The van der Waals surface area contributed by atoms with Gasteiger partial charge in [-0.25, -0.2) is 4.72 Å². The average molecular weight is 263 g/mol. The number of hydrogen-bond acceptors (Lipinski definition) is 3. The molecule has 0 aliphatic carbocycles. The molecule has 0 spiro atoms. The second-order valence-electron chi connectivity index (χ2n) is 5.28. The van der Waals surface area contributed by atoms with Crippen molar-refractivity contribution in [3.63, 3.8) is 0 Å².